The van der Waals surface area contributed by atoms with Crippen LogP contribution in [0, 0.1) is 46.8 Å². The molecule has 6 rings (SSSR count). The summed E-state index contributed by atoms with van der Waals surface area (Å²) in [6.07, 6.45) is 7.48. The molecule has 21 heavy (non-hydrogen) atoms. The van der Waals surface area contributed by atoms with Crippen LogP contribution in [-0.2, 0) is 9.53 Å². The Morgan fingerprint density at radius 1 is 1.05 bits per heavy atom. The average Bonchev–Trinajstić information content (AvgIpc) is 2.94. The van der Waals surface area contributed by atoms with Crippen molar-refractivity contribution >= 4 is 5.97 Å². The van der Waals surface area contributed by atoms with Crippen molar-refractivity contribution in [1.82, 2.24) is 0 Å². The highest BCUT2D eigenvalue weighted by Crippen LogP contribution is 2.76. The molecule has 116 valence electrons. The van der Waals surface area contributed by atoms with Crippen LogP contribution in [0.1, 0.15) is 59.3 Å². The van der Waals surface area contributed by atoms with Gasteiger partial charge in [-0.1, -0.05) is 6.92 Å². The van der Waals surface area contributed by atoms with E-state index >= 15 is 0 Å². The third-order valence-corrected chi connectivity index (χ3v) is 8.45. The average molecular weight is 288 g/mol. The zero-order valence-corrected chi connectivity index (χ0v) is 13.6. The molecule has 6 fully saturated rings. The van der Waals surface area contributed by atoms with Crippen molar-refractivity contribution in [2.24, 2.45) is 46.8 Å². The maximum Gasteiger partial charge on any atom is 0.312 e. The molecule has 0 amide bonds. The maximum absolute atomic E-state index is 12.6. The molecule has 6 aliphatic carbocycles. The maximum atomic E-state index is 12.6. The van der Waals surface area contributed by atoms with E-state index in [1.165, 1.54) is 32.1 Å². The summed E-state index contributed by atoms with van der Waals surface area (Å²) in [4.78, 5) is 12.6. The molecule has 0 aromatic rings. The van der Waals surface area contributed by atoms with E-state index in [4.69, 9.17) is 4.74 Å². The molecular formula is C19H28O2. The molecule has 0 aliphatic heterocycles. The first-order valence-corrected chi connectivity index (χ1v) is 9.17. The minimum absolute atomic E-state index is 0.0617. The van der Waals surface area contributed by atoms with Crippen LogP contribution in [0.2, 0.25) is 0 Å². The second-order valence-corrected chi connectivity index (χ2v) is 9.55. The normalized spacial score (nSPS) is 55.5. The number of esters is 1. The van der Waals surface area contributed by atoms with Gasteiger partial charge in [0.2, 0.25) is 0 Å². The predicted octanol–water partition coefficient (Wildman–Crippen LogP) is 4.04. The molecule has 0 aromatic carbocycles. The van der Waals surface area contributed by atoms with Gasteiger partial charge in [-0.25, -0.2) is 0 Å². The van der Waals surface area contributed by atoms with Gasteiger partial charge in [0.25, 0.3) is 0 Å². The van der Waals surface area contributed by atoms with E-state index in [9.17, 15) is 4.79 Å². The van der Waals surface area contributed by atoms with Crippen molar-refractivity contribution in [3.8, 4) is 0 Å². The minimum atomic E-state index is -0.315. The Labute approximate surface area is 128 Å². The van der Waals surface area contributed by atoms with Crippen LogP contribution in [-0.4, -0.2) is 11.6 Å². The van der Waals surface area contributed by atoms with Crippen LogP contribution < -0.4 is 0 Å². The van der Waals surface area contributed by atoms with E-state index in [-0.39, 0.29) is 17.0 Å². The fourth-order valence-electron chi connectivity index (χ4n) is 7.37. The summed E-state index contributed by atoms with van der Waals surface area (Å²) in [5, 5.41) is 0. The molecular weight excluding hydrogens is 260 g/mol. The molecule has 6 saturated carbocycles. The first-order valence-electron chi connectivity index (χ1n) is 9.17. The number of ether oxygens (including phenoxy) is 1. The lowest BCUT2D eigenvalue weighted by molar-refractivity contribution is -0.214. The van der Waals surface area contributed by atoms with Crippen molar-refractivity contribution in [2.45, 2.75) is 64.9 Å². The van der Waals surface area contributed by atoms with Gasteiger partial charge in [-0.05, 0) is 93.8 Å². The Bertz CT molecular complexity index is 467. The molecule has 0 spiro atoms. The summed E-state index contributed by atoms with van der Waals surface area (Å²) in [6, 6.07) is 0. The highest BCUT2D eigenvalue weighted by Gasteiger charge is 2.72. The van der Waals surface area contributed by atoms with Crippen LogP contribution in [0.4, 0.5) is 0 Å². The van der Waals surface area contributed by atoms with Crippen molar-refractivity contribution in [3.05, 3.63) is 0 Å². The van der Waals surface area contributed by atoms with Gasteiger partial charge in [0.05, 0.1) is 5.41 Å². The zero-order chi connectivity index (χ0) is 14.6. The molecule has 7 bridgehead atoms. The quantitative estimate of drug-likeness (QED) is 0.733. The molecule has 4 unspecified atom stereocenters. The Morgan fingerprint density at radius 3 is 2.19 bits per heavy atom. The molecule has 0 N–H and O–H groups in total. The van der Waals surface area contributed by atoms with E-state index in [0.29, 0.717) is 0 Å². The van der Waals surface area contributed by atoms with Gasteiger partial charge in [-0.3, -0.25) is 4.79 Å². The van der Waals surface area contributed by atoms with Crippen LogP contribution >= 0.6 is 0 Å². The highest BCUT2D eigenvalue weighted by molar-refractivity contribution is 5.76. The Hall–Kier alpha value is -0.530. The molecule has 2 heteroatoms. The van der Waals surface area contributed by atoms with Crippen LogP contribution in [0.25, 0.3) is 0 Å². The van der Waals surface area contributed by atoms with Crippen molar-refractivity contribution in [3.63, 3.8) is 0 Å². The van der Waals surface area contributed by atoms with Crippen molar-refractivity contribution in [1.29, 1.82) is 0 Å². The lowest BCUT2D eigenvalue weighted by Crippen LogP contribution is -2.60. The lowest BCUT2D eigenvalue weighted by Gasteiger charge is -2.61. The van der Waals surface area contributed by atoms with Gasteiger partial charge in [0.1, 0.15) is 5.60 Å². The summed E-state index contributed by atoms with van der Waals surface area (Å²) in [5.41, 5.74) is -0.378. The number of carbonyl (C=O) groups excluding carboxylic acids is 1. The molecule has 2 nitrogen and oxygen atoms in total. The molecule has 4 atom stereocenters. The summed E-state index contributed by atoms with van der Waals surface area (Å²) in [5.74, 6) is 6.84. The fraction of sp³-hybridized carbons (Fsp3) is 0.947. The van der Waals surface area contributed by atoms with Crippen LogP contribution in [0.5, 0.6) is 0 Å². The zero-order valence-electron chi connectivity index (χ0n) is 13.6. The largest absolute Gasteiger partial charge is 0.459 e. The van der Waals surface area contributed by atoms with Gasteiger partial charge < -0.3 is 4.74 Å². The molecule has 0 heterocycles. The summed E-state index contributed by atoms with van der Waals surface area (Å²) >= 11 is 0. The standard InChI is InChI=1S/C19H28O2/c1-4-18(2,3)17(20)21-19-7-13-11-5-10-6-12(13)15(9-19)16(10)14(11)8-19/h10-16H,4-9H2,1-3H3. The van der Waals surface area contributed by atoms with Gasteiger partial charge in [-0.2, -0.15) is 0 Å². The van der Waals surface area contributed by atoms with E-state index < -0.39 is 0 Å². The Morgan fingerprint density at radius 2 is 1.62 bits per heavy atom. The molecule has 0 radical (unpaired) electrons. The molecule has 0 aromatic heterocycles. The first-order chi connectivity index (χ1) is 9.94. The SMILES string of the molecule is CCC(C)(C)C(=O)OC12CC3C4CC5CC3C(C1)C5C4C2. The third kappa shape index (κ3) is 1.43. The number of hydrogen-bond acceptors (Lipinski definition) is 2. The first kappa shape index (κ1) is 13.0. The Kier molecular flexibility index (Phi) is 2.27. The van der Waals surface area contributed by atoms with Crippen molar-refractivity contribution < 1.29 is 9.53 Å². The second-order valence-electron chi connectivity index (χ2n) is 9.55. The van der Waals surface area contributed by atoms with E-state index in [1.807, 2.05) is 13.8 Å². The molecule has 0 saturated heterocycles. The minimum Gasteiger partial charge on any atom is -0.459 e. The monoisotopic (exact) mass is 288 g/mol. The Balaban J connectivity index is 1.44. The topological polar surface area (TPSA) is 26.3 Å². The van der Waals surface area contributed by atoms with Gasteiger partial charge in [-0.15, -0.1) is 0 Å². The van der Waals surface area contributed by atoms with E-state index in [1.54, 1.807) is 0 Å². The lowest BCUT2D eigenvalue weighted by atomic mass is 9.47. The molecule has 6 aliphatic rings. The summed E-state index contributed by atoms with van der Waals surface area (Å²) < 4.78 is 6.26. The number of carbonyl (C=O) groups is 1. The van der Waals surface area contributed by atoms with Gasteiger partial charge in [0.15, 0.2) is 0 Å². The van der Waals surface area contributed by atoms with Gasteiger partial charge in [0, 0.05) is 0 Å². The summed E-state index contributed by atoms with van der Waals surface area (Å²) in [7, 11) is 0. The second kappa shape index (κ2) is 3.68. The predicted molar refractivity (Wildman–Crippen MR) is 80.4 cm³/mol. The number of rotatable bonds is 3. The van der Waals surface area contributed by atoms with Crippen LogP contribution in [0.15, 0.2) is 0 Å². The fourth-order valence-corrected chi connectivity index (χ4v) is 7.37. The highest BCUT2D eigenvalue weighted by atomic mass is 16.6. The van der Waals surface area contributed by atoms with Gasteiger partial charge >= 0.3 is 5.97 Å². The van der Waals surface area contributed by atoms with E-state index in [0.717, 1.165) is 47.8 Å². The smallest absolute Gasteiger partial charge is 0.312 e. The van der Waals surface area contributed by atoms with Crippen LogP contribution in [0.3, 0.4) is 0 Å². The van der Waals surface area contributed by atoms with E-state index in [2.05, 4.69) is 6.92 Å². The third-order valence-electron chi connectivity index (χ3n) is 8.45. The van der Waals surface area contributed by atoms with Crippen molar-refractivity contribution in [2.75, 3.05) is 0 Å². The number of hydrogen-bond donors (Lipinski definition) is 0. The summed E-state index contributed by atoms with van der Waals surface area (Å²) in [6.45, 7) is 6.17.